The number of allylic oxidation sites excluding steroid dienone is 1. The number of hydrogen-bond donors (Lipinski definition) is 0. The van der Waals surface area contributed by atoms with Gasteiger partial charge in [-0.2, -0.15) is 0 Å². The Balaban J connectivity index is 3.32. The molecule has 23 heavy (non-hydrogen) atoms. The Hall–Kier alpha value is -0.737. The van der Waals surface area contributed by atoms with E-state index in [1.165, 1.54) is 47.3 Å². The maximum absolute atomic E-state index is 6.42. The third kappa shape index (κ3) is 5.68. The third-order valence-corrected chi connectivity index (χ3v) is 15.3. The number of rotatable bonds is 11. The van der Waals surface area contributed by atoms with Gasteiger partial charge in [0, 0.05) is 0 Å². The van der Waals surface area contributed by atoms with Crippen molar-refractivity contribution in [3.63, 3.8) is 0 Å². The van der Waals surface area contributed by atoms with Crippen molar-refractivity contribution in [1.82, 2.24) is 0 Å². The molecule has 1 atom stereocenters. The first kappa shape index (κ1) is 20.3. The number of hydrogen-bond acceptors (Lipinski definition) is 2. The average Bonchev–Trinajstić information content (AvgIpc) is 2.58. The Morgan fingerprint density at radius 3 is 2.04 bits per heavy atom. The number of benzene rings is 1. The fourth-order valence-corrected chi connectivity index (χ4v) is 14.2. The molecule has 3 heteroatoms. The molecule has 0 aliphatic heterocycles. The summed E-state index contributed by atoms with van der Waals surface area (Å²) in [6, 6.07) is 10.9. The molecule has 0 amide bonds. The first-order valence-electron chi connectivity index (χ1n) is 8.94. The number of unbranched alkanes of at least 4 members (excludes halogenated alkanes) is 2. The predicted molar refractivity (Wildman–Crippen MR) is 102 cm³/mol. The van der Waals surface area contributed by atoms with E-state index in [-0.39, 0.29) is 0 Å². The van der Waals surface area contributed by atoms with Crippen LogP contribution in [0, 0.1) is 0 Å². The second kappa shape index (κ2) is 10.9. The van der Waals surface area contributed by atoms with Crippen molar-refractivity contribution in [2.75, 3.05) is 14.2 Å². The molecule has 0 aliphatic rings. The van der Waals surface area contributed by atoms with Crippen LogP contribution in [0.4, 0.5) is 0 Å². The quantitative estimate of drug-likeness (QED) is 0.344. The summed E-state index contributed by atoms with van der Waals surface area (Å²) in [6.45, 7) is 6.76. The first-order chi connectivity index (χ1) is 11.1. The second-order valence-electron chi connectivity index (χ2n) is 6.42. The van der Waals surface area contributed by atoms with Crippen LogP contribution in [0.25, 0.3) is 0 Å². The van der Waals surface area contributed by atoms with Gasteiger partial charge >= 0.3 is 146 Å². The molecule has 0 heterocycles. The van der Waals surface area contributed by atoms with E-state index in [4.69, 9.17) is 8.50 Å². The minimum atomic E-state index is -2.55. The molecule has 1 aromatic rings. The zero-order chi connectivity index (χ0) is 17.1. The molecule has 1 aromatic carbocycles. The van der Waals surface area contributed by atoms with Gasteiger partial charge < -0.3 is 0 Å². The van der Waals surface area contributed by atoms with Crippen molar-refractivity contribution in [3.05, 3.63) is 47.7 Å². The predicted octanol–water partition coefficient (Wildman–Crippen LogP) is 6.05. The van der Waals surface area contributed by atoms with Crippen LogP contribution in [-0.2, 0) is 8.50 Å². The Labute approximate surface area is 146 Å². The molecule has 0 saturated heterocycles. The van der Waals surface area contributed by atoms with Gasteiger partial charge in [-0.3, -0.25) is 0 Å². The summed E-state index contributed by atoms with van der Waals surface area (Å²) >= 11 is -2.55. The zero-order valence-corrected chi connectivity index (χ0v) is 17.7. The van der Waals surface area contributed by atoms with Crippen molar-refractivity contribution in [2.45, 2.75) is 61.7 Å². The van der Waals surface area contributed by atoms with Gasteiger partial charge in [0.15, 0.2) is 0 Å². The van der Waals surface area contributed by atoms with Crippen LogP contribution in [-0.4, -0.2) is 27.8 Å². The first-order valence-corrected chi connectivity index (χ1v) is 14.0. The summed E-state index contributed by atoms with van der Waals surface area (Å²) in [6.07, 6.45) is 6.92. The van der Waals surface area contributed by atoms with E-state index >= 15 is 0 Å². The van der Waals surface area contributed by atoms with E-state index in [2.05, 4.69) is 51.1 Å². The van der Waals surface area contributed by atoms with E-state index in [1.54, 1.807) is 7.11 Å². The Kier molecular flexibility index (Phi) is 9.65. The van der Waals surface area contributed by atoms with Crippen LogP contribution in [0.5, 0.6) is 0 Å². The molecular formula is C20H34GeO2. The monoisotopic (exact) mass is 380 g/mol. The van der Waals surface area contributed by atoms with Gasteiger partial charge in [-0.05, 0) is 0 Å². The van der Waals surface area contributed by atoms with Crippen LogP contribution in [0.3, 0.4) is 0 Å². The molecule has 0 aliphatic carbocycles. The fraction of sp³-hybridized carbons (Fsp3) is 0.600. The van der Waals surface area contributed by atoms with Gasteiger partial charge in [-0.15, -0.1) is 0 Å². The molecule has 0 saturated carbocycles. The standard InChI is InChI=1S/C20H34GeO2/c1-6-8-15-21(23-5,16-9-7-2)20(18(3)17-22-4)19-13-11-10-12-14-19/h10-14,17,20H,6-9,15-16H2,1-5H3/b18-17-. The van der Waals surface area contributed by atoms with E-state index in [9.17, 15) is 0 Å². The van der Waals surface area contributed by atoms with Crippen molar-refractivity contribution in [2.24, 2.45) is 0 Å². The molecule has 0 spiro atoms. The summed E-state index contributed by atoms with van der Waals surface area (Å²) in [5.74, 6) is 0. The van der Waals surface area contributed by atoms with E-state index < -0.39 is 13.6 Å². The van der Waals surface area contributed by atoms with Crippen molar-refractivity contribution < 1.29 is 8.50 Å². The number of methoxy groups -OCH3 is 1. The SMILES string of the molecule is CCC[CH2][Ge]([CH2]CCC)([O]C)[CH](/C(C)=C\OC)c1ccccc1. The van der Waals surface area contributed by atoms with Crippen molar-refractivity contribution in [3.8, 4) is 0 Å². The van der Waals surface area contributed by atoms with Gasteiger partial charge in [-0.25, -0.2) is 0 Å². The third-order valence-electron chi connectivity index (χ3n) is 4.73. The second-order valence-corrected chi connectivity index (χ2v) is 15.1. The van der Waals surface area contributed by atoms with Gasteiger partial charge in [-0.1, -0.05) is 0 Å². The zero-order valence-electron chi connectivity index (χ0n) is 15.6. The van der Waals surface area contributed by atoms with Crippen molar-refractivity contribution in [1.29, 1.82) is 0 Å². The Morgan fingerprint density at radius 2 is 1.61 bits per heavy atom. The van der Waals surface area contributed by atoms with E-state index in [0.29, 0.717) is 4.75 Å². The average molecular weight is 379 g/mol. The van der Waals surface area contributed by atoms with Crippen LogP contribution in [0.2, 0.25) is 10.5 Å². The van der Waals surface area contributed by atoms with Crippen LogP contribution < -0.4 is 0 Å². The molecule has 0 aromatic heterocycles. The molecule has 1 unspecified atom stereocenters. The van der Waals surface area contributed by atoms with Crippen LogP contribution in [0.1, 0.15) is 56.8 Å². The maximum atomic E-state index is 6.42. The van der Waals surface area contributed by atoms with E-state index in [1.807, 2.05) is 13.4 Å². The Morgan fingerprint density at radius 1 is 1.04 bits per heavy atom. The molecule has 0 N–H and O–H groups in total. The summed E-state index contributed by atoms with van der Waals surface area (Å²) < 4.78 is 12.2. The molecule has 0 bridgehead atoms. The fourth-order valence-electron chi connectivity index (χ4n) is 3.57. The van der Waals surface area contributed by atoms with Crippen LogP contribution in [0.15, 0.2) is 42.2 Å². The molecule has 2 nitrogen and oxygen atoms in total. The normalized spacial score (nSPS) is 13.9. The topological polar surface area (TPSA) is 18.5 Å². The molecular weight excluding hydrogens is 345 g/mol. The summed E-state index contributed by atoms with van der Waals surface area (Å²) in [7, 11) is 3.70. The van der Waals surface area contributed by atoms with Gasteiger partial charge in [0.25, 0.3) is 0 Å². The summed E-state index contributed by atoms with van der Waals surface area (Å²) in [4.78, 5) is 0. The van der Waals surface area contributed by atoms with Gasteiger partial charge in [0.1, 0.15) is 0 Å². The molecule has 130 valence electrons. The Bertz CT molecular complexity index is 448. The molecule has 0 fully saturated rings. The van der Waals surface area contributed by atoms with E-state index in [0.717, 1.165) is 0 Å². The van der Waals surface area contributed by atoms with Gasteiger partial charge in [0.05, 0.1) is 0 Å². The van der Waals surface area contributed by atoms with Gasteiger partial charge in [0.2, 0.25) is 0 Å². The number of ether oxygens (including phenoxy) is 1. The van der Waals surface area contributed by atoms with Crippen LogP contribution >= 0.6 is 0 Å². The summed E-state index contributed by atoms with van der Waals surface area (Å²) in [5.41, 5.74) is 2.71. The van der Waals surface area contributed by atoms with Crippen molar-refractivity contribution >= 4 is 13.6 Å². The minimum absolute atomic E-state index is 0.416. The summed E-state index contributed by atoms with van der Waals surface area (Å²) in [5, 5.41) is 2.53. The molecule has 1 rings (SSSR count). The molecule has 0 radical (unpaired) electrons.